The van der Waals surface area contributed by atoms with E-state index < -0.39 is 18.5 Å². The summed E-state index contributed by atoms with van der Waals surface area (Å²) in [5.74, 6) is -1.14. The van der Waals surface area contributed by atoms with Gasteiger partial charge in [0.2, 0.25) is 0 Å². The van der Waals surface area contributed by atoms with E-state index >= 15 is 0 Å². The van der Waals surface area contributed by atoms with Gasteiger partial charge in [0, 0.05) is 5.56 Å². The van der Waals surface area contributed by atoms with Crippen molar-refractivity contribution in [2.45, 2.75) is 6.54 Å². The van der Waals surface area contributed by atoms with Gasteiger partial charge in [-0.1, -0.05) is 24.3 Å². The van der Waals surface area contributed by atoms with E-state index in [2.05, 4.69) is 30.5 Å². The number of rotatable bonds is 8. The monoisotopic (exact) mass is 434 g/mol. The number of carboxylic acid groups (broad SMARTS) is 1. The zero-order chi connectivity index (χ0) is 22.5. The summed E-state index contributed by atoms with van der Waals surface area (Å²) in [5.41, 5.74) is 10.2. The van der Waals surface area contributed by atoms with Crippen LogP contribution in [0.1, 0.15) is 5.56 Å². The number of ether oxygens (including phenoxy) is 1. The van der Waals surface area contributed by atoms with E-state index in [-0.39, 0.29) is 23.8 Å². The number of hydrogen-bond acceptors (Lipinski definition) is 10. The molecule has 4 rings (SSSR count). The number of hydrogen-bond donors (Lipinski definition) is 2. The highest BCUT2D eigenvalue weighted by Crippen LogP contribution is 2.26. The van der Waals surface area contributed by atoms with Gasteiger partial charge >= 0.3 is 0 Å². The quantitative estimate of drug-likeness (QED) is 0.284. The summed E-state index contributed by atoms with van der Waals surface area (Å²) in [4.78, 5) is 27.7. The Labute approximate surface area is 180 Å². The lowest BCUT2D eigenvalue weighted by atomic mass is 10.2. The number of para-hydroxylation sites is 3. The maximum atomic E-state index is 12.6. The average Bonchev–Trinajstić information content (AvgIpc) is 3.36. The molecular weight excluding hydrogens is 418 g/mol. The Balaban J connectivity index is 1.52. The maximum Gasteiger partial charge on any atom is 0.260 e. The molecule has 1 amide bonds. The minimum atomic E-state index is -1.35. The summed E-state index contributed by atoms with van der Waals surface area (Å²) in [7, 11) is 0. The van der Waals surface area contributed by atoms with Gasteiger partial charge in [0.15, 0.2) is 17.3 Å². The fraction of sp³-hybridized carbons (Fsp3) is 0.100. The molecule has 3 N–H and O–H groups in total. The van der Waals surface area contributed by atoms with Crippen molar-refractivity contribution in [3.63, 3.8) is 0 Å². The Morgan fingerprint density at radius 1 is 1.19 bits per heavy atom. The lowest BCUT2D eigenvalue weighted by molar-refractivity contribution is -0.307. The molecule has 4 aromatic rings. The predicted octanol–water partition coefficient (Wildman–Crippen LogP) is -0.0525. The van der Waals surface area contributed by atoms with Crippen molar-refractivity contribution in [3.8, 4) is 17.3 Å². The number of nitrogen functional groups attached to an aromatic ring is 1. The van der Waals surface area contributed by atoms with Crippen molar-refractivity contribution >= 4 is 34.9 Å². The van der Waals surface area contributed by atoms with Crippen LogP contribution in [-0.4, -0.2) is 44.6 Å². The van der Waals surface area contributed by atoms with Crippen molar-refractivity contribution in [1.82, 2.24) is 25.3 Å². The molecule has 0 bridgehead atoms. The van der Waals surface area contributed by atoms with Crippen LogP contribution in [0.4, 0.5) is 5.82 Å². The molecule has 2 heterocycles. The van der Waals surface area contributed by atoms with Gasteiger partial charge in [0.05, 0.1) is 23.2 Å². The number of nitrogens with zero attached hydrogens (tertiary/aromatic N) is 5. The van der Waals surface area contributed by atoms with Crippen molar-refractivity contribution in [3.05, 3.63) is 54.1 Å². The third-order valence-electron chi connectivity index (χ3n) is 4.34. The molecular formula is C20H16N7O5-. The highest BCUT2D eigenvalue weighted by Gasteiger charge is 2.20. The van der Waals surface area contributed by atoms with E-state index in [1.807, 2.05) is 12.1 Å². The first-order valence-corrected chi connectivity index (χ1v) is 9.30. The molecule has 0 unspecified atom stereocenters. The summed E-state index contributed by atoms with van der Waals surface area (Å²) in [6.45, 7) is -0.740. The molecule has 0 fully saturated rings. The van der Waals surface area contributed by atoms with Gasteiger partial charge in [-0.15, -0.1) is 0 Å². The standard InChI is InChI=1S/C20H17N7O5/c21-19-18(25-32-26-19)20-23-13-6-2-3-7-14(13)27(20)10-16(28)24-22-9-12-5-1-4-8-15(12)31-11-17(29)30/h1-9H,10-11H2,(H2,21,26)(H,24,28)(H,29,30)/p-1/b22-9-. The van der Waals surface area contributed by atoms with Gasteiger partial charge < -0.3 is 24.9 Å². The number of aromatic nitrogens is 4. The summed E-state index contributed by atoms with van der Waals surface area (Å²) in [5, 5.41) is 21.9. The lowest BCUT2D eigenvalue weighted by Crippen LogP contribution is -2.29. The molecule has 0 radical (unpaired) electrons. The first kappa shape index (κ1) is 20.5. The molecule has 12 nitrogen and oxygen atoms in total. The second-order valence-electron chi connectivity index (χ2n) is 6.50. The minimum absolute atomic E-state index is 0.0492. The molecule has 12 heteroatoms. The summed E-state index contributed by atoms with van der Waals surface area (Å²) >= 11 is 0. The van der Waals surface area contributed by atoms with Crippen LogP contribution in [0.3, 0.4) is 0 Å². The van der Waals surface area contributed by atoms with Gasteiger partial charge in [-0.3, -0.25) is 4.79 Å². The van der Waals surface area contributed by atoms with Crippen molar-refractivity contribution in [2.75, 3.05) is 12.3 Å². The zero-order valence-corrected chi connectivity index (χ0v) is 16.5. The van der Waals surface area contributed by atoms with Gasteiger partial charge in [-0.25, -0.2) is 15.0 Å². The van der Waals surface area contributed by atoms with Crippen molar-refractivity contribution in [1.29, 1.82) is 0 Å². The van der Waals surface area contributed by atoms with Gasteiger partial charge in [0.25, 0.3) is 5.91 Å². The SMILES string of the molecule is Nc1nonc1-c1nc2ccccc2n1CC(=O)N/N=C\c1ccccc1OCC(=O)[O-]. The summed E-state index contributed by atoms with van der Waals surface area (Å²) in [6.07, 6.45) is 1.34. The highest BCUT2D eigenvalue weighted by molar-refractivity contribution is 5.87. The average molecular weight is 434 g/mol. The van der Waals surface area contributed by atoms with Crippen LogP contribution in [0.25, 0.3) is 22.6 Å². The molecule has 0 spiro atoms. The van der Waals surface area contributed by atoms with Crippen LogP contribution in [0.5, 0.6) is 5.75 Å². The maximum absolute atomic E-state index is 12.6. The van der Waals surface area contributed by atoms with Gasteiger partial charge in [-0.2, -0.15) is 5.10 Å². The molecule has 0 saturated heterocycles. The number of hydrazone groups is 1. The predicted molar refractivity (Wildman–Crippen MR) is 110 cm³/mol. The first-order valence-electron chi connectivity index (χ1n) is 9.30. The number of carboxylic acids is 1. The first-order chi connectivity index (χ1) is 15.5. The Hall–Kier alpha value is -4.74. The highest BCUT2D eigenvalue weighted by atomic mass is 16.6. The van der Waals surface area contributed by atoms with E-state index in [0.717, 1.165) is 0 Å². The number of benzene rings is 2. The molecule has 162 valence electrons. The minimum Gasteiger partial charge on any atom is -0.546 e. The molecule has 0 aliphatic carbocycles. The molecule has 0 saturated carbocycles. The second kappa shape index (κ2) is 8.95. The zero-order valence-electron chi connectivity index (χ0n) is 16.5. The topological polar surface area (TPSA) is 174 Å². The van der Waals surface area contributed by atoms with Crippen molar-refractivity contribution in [2.24, 2.45) is 5.10 Å². The Bertz CT molecular complexity index is 1310. The van der Waals surface area contributed by atoms with Crippen LogP contribution in [0, 0.1) is 0 Å². The number of carbonyl (C=O) groups is 2. The molecule has 2 aromatic heterocycles. The molecule has 0 atom stereocenters. The van der Waals surface area contributed by atoms with E-state index in [1.54, 1.807) is 41.0 Å². The number of fused-ring (bicyclic) bond motifs is 1. The Morgan fingerprint density at radius 3 is 2.75 bits per heavy atom. The molecule has 2 aromatic carbocycles. The third kappa shape index (κ3) is 4.38. The molecule has 0 aliphatic rings. The fourth-order valence-corrected chi connectivity index (χ4v) is 2.98. The van der Waals surface area contributed by atoms with Crippen LogP contribution in [0.2, 0.25) is 0 Å². The number of nitrogens with two attached hydrogens (primary N) is 1. The summed E-state index contributed by atoms with van der Waals surface area (Å²) < 4.78 is 11.4. The Morgan fingerprint density at radius 2 is 1.97 bits per heavy atom. The van der Waals surface area contributed by atoms with Crippen LogP contribution < -0.4 is 21.0 Å². The van der Waals surface area contributed by atoms with Crippen molar-refractivity contribution < 1.29 is 24.1 Å². The summed E-state index contributed by atoms with van der Waals surface area (Å²) in [6, 6.07) is 13.8. The van der Waals surface area contributed by atoms with Crippen LogP contribution in [0.15, 0.2) is 58.3 Å². The van der Waals surface area contributed by atoms with Crippen LogP contribution >= 0.6 is 0 Å². The molecule has 32 heavy (non-hydrogen) atoms. The van der Waals surface area contributed by atoms with Gasteiger partial charge in [0.1, 0.15) is 18.9 Å². The second-order valence-corrected chi connectivity index (χ2v) is 6.50. The number of aliphatic carboxylic acids is 1. The largest absolute Gasteiger partial charge is 0.546 e. The van der Waals surface area contributed by atoms with E-state index in [9.17, 15) is 14.7 Å². The number of imidazole rings is 1. The van der Waals surface area contributed by atoms with E-state index in [1.165, 1.54) is 6.21 Å². The number of amides is 1. The van der Waals surface area contributed by atoms with Crippen LogP contribution in [-0.2, 0) is 16.1 Å². The smallest absolute Gasteiger partial charge is 0.260 e. The Kier molecular flexibility index (Phi) is 5.74. The third-order valence-corrected chi connectivity index (χ3v) is 4.34. The number of anilines is 1. The number of nitrogens with one attached hydrogen (secondary N) is 1. The fourth-order valence-electron chi connectivity index (χ4n) is 2.98. The van der Waals surface area contributed by atoms with Gasteiger partial charge in [-0.05, 0) is 34.6 Å². The van der Waals surface area contributed by atoms with E-state index in [0.29, 0.717) is 22.4 Å². The van der Waals surface area contributed by atoms with E-state index in [4.69, 9.17) is 10.5 Å². The lowest BCUT2D eigenvalue weighted by Gasteiger charge is -2.09. The normalized spacial score (nSPS) is 11.1. The number of carbonyl (C=O) groups excluding carboxylic acids is 2. The molecule has 0 aliphatic heterocycles.